The molecule has 1 aliphatic rings. The second-order valence-corrected chi connectivity index (χ2v) is 12.8. The molecule has 6 rings (SSSR count). The van der Waals surface area contributed by atoms with Crippen LogP contribution in [0.3, 0.4) is 0 Å². The maximum absolute atomic E-state index is 15.5. The molecule has 2 aromatic heterocycles. The number of esters is 1. The highest BCUT2D eigenvalue weighted by atomic mass is 32.1. The summed E-state index contributed by atoms with van der Waals surface area (Å²) in [6.45, 7) is 2.48. The van der Waals surface area contributed by atoms with E-state index >= 15 is 17.6 Å². The zero-order valence-corrected chi connectivity index (χ0v) is 24.3. The van der Waals surface area contributed by atoms with Gasteiger partial charge in [0.1, 0.15) is 6.61 Å². The zero-order valence-electron chi connectivity index (χ0n) is 22.7. The van der Waals surface area contributed by atoms with Crippen LogP contribution in [0.1, 0.15) is 36.1 Å². The van der Waals surface area contributed by atoms with Crippen molar-refractivity contribution in [2.75, 3.05) is 0 Å². The summed E-state index contributed by atoms with van der Waals surface area (Å²) < 4.78 is 97.2. The number of thiophene rings is 2. The second kappa shape index (κ2) is 10.4. The van der Waals surface area contributed by atoms with Gasteiger partial charge in [-0.2, -0.15) is 26.3 Å². The van der Waals surface area contributed by atoms with E-state index in [4.69, 9.17) is 4.74 Å². The fraction of sp³-hybridized carbons (Fsp3) is 0.182. The number of aryl methyl sites for hydroxylation is 2. The van der Waals surface area contributed by atoms with E-state index in [0.29, 0.717) is 21.4 Å². The van der Waals surface area contributed by atoms with Gasteiger partial charge in [0.15, 0.2) is 0 Å². The molecule has 0 bridgehead atoms. The van der Waals surface area contributed by atoms with Gasteiger partial charge < -0.3 is 4.74 Å². The normalized spacial score (nSPS) is 17.0. The first kappa shape index (κ1) is 29.2. The summed E-state index contributed by atoms with van der Waals surface area (Å²) >= 11 is 1.97. The topological polar surface area (TPSA) is 26.3 Å². The van der Waals surface area contributed by atoms with Crippen LogP contribution in [0.2, 0.25) is 0 Å². The molecule has 3 aromatic carbocycles. The molecule has 2 nitrogen and oxygen atoms in total. The van der Waals surface area contributed by atoms with Gasteiger partial charge in [-0.05, 0) is 59.5 Å². The van der Waals surface area contributed by atoms with Crippen molar-refractivity contribution in [3.05, 3.63) is 116 Å². The van der Waals surface area contributed by atoms with E-state index in [0.717, 1.165) is 34.1 Å². The summed E-state index contributed by atoms with van der Waals surface area (Å²) in [5.41, 5.74) is -2.65. The quantitative estimate of drug-likeness (QED) is 0.138. The van der Waals surface area contributed by atoms with E-state index in [2.05, 4.69) is 0 Å². The number of carbonyl (C=O) groups is 1. The number of halogens is 6. The van der Waals surface area contributed by atoms with E-state index in [9.17, 15) is 13.6 Å². The molecule has 0 saturated heterocycles. The monoisotopic (exact) mass is 628 g/mol. The van der Waals surface area contributed by atoms with Crippen LogP contribution in [0.4, 0.5) is 26.3 Å². The Hall–Kier alpha value is -3.89. The van der Waals surface area contributed by atoms with Gasteiger partial charge in [0.05, 0.1) is 5.56 Å². The molecular formula is C33H22F6O2S2. The van der Waals surface area contributed by atoms with Crippen LogP contribution in [-0.4, -0.2) is 23.7 Å². The molecule has 0 atom stereocenters. The highest BCUT2D eigenvalue weighted by molar-refractivity contribution is 7.15. The van der Waals surface area contributed by atoms with Crippen LogP contribution in [0, 0.1) is 13.8 Å². The molecule has 0 amide bonds. The van der Waals surface area contributed by atoms with E-state index in [-0.39, 0.29) is 26.8 Å². The number of hydrogen-bond acceptors (Lipinski definition) is 4. The van der Waals surface area contributed by atoms with Crippen LogP contribution in [0.25, 0.3) is 32.4 Å². The molecule has 220 valence electrons. The van der Waals surface area contributed by atoms with Crippen LogP contribution in [0.15, 0.2) is 84.9 Å². The van der Waals surface area contributed by atoms with Crippen LogP contribution in [0.5, 0.6) is 0 Å². The SMILES string of the molecule is Cc1sc(COC(=O)c2cccc3ccccc23)cc1C1=C(c2cc(-c3ccccc3)sc2C)C(F)(F)C(F)(F)C1(F)F. The smallest absolute Gasteiger partial charge is 0.380 e. The number of allylic oxidation sites excluding steroid dienone is 2. The summed E-state index contributed by atoms with van der Waals surface area (Å²) in [6, 6.07) is 23.3. The van der Waals surface area contributed by atoms with Crippen molar-refractivity contribution in [1.82, 2.24) is 0 Å². The maximum Gasteiger partial charge on any atom is 0.380 e. The molecule has 0 unspecified atom stereocenters. The lowest BCUT2D eigenvalue weighted by atomic mass is 9.95. The van der Waals surface area contributed by atoms with E-state index < -0.39 is 40.4 Å². The van der Waals surface area contributed by atoms with Crippen LogP contribution >= 0.6 is 22.7 Å². The molecule has 2 heterocycles. The predicted molar refractivity (Wildman–Crippen MR) is 158 cm³/mol. The van der Waals surface area contributed by atoms with Crippen LogP contribution < -0.4 is 0 Å². The first-order valence-electron chi connectivity index (χ1n) is 13.1. The van der Waals surface area contributed by atoms with Crippen molar-refractivity contribution in [2.24, 2.45) is 0 Å². The second-order valence-electron chi connectivity index (χ2n) is 10.2. The minimum Gasteiger partial charge on any atom is -0.456 e. The lowest BCUT2D eigenvalue weighted by molar-refractivity contribution is -0.254. The fourth-order valence-corrected chi connectivity index (χ4v) is 7.38. The molecule has 0 spiro atoms. The van der Waals surface area contributed by atoms with Crippen molar-refractivity contribution in [1.29, 1.82) is 0 Å². The van der Waals surface area contributed by atoms with Crippen molar-refractivity contribution in [3.8, 4) is 10.4 Å². The number of ether oxygens (including phenoxy) is 1. The molecular weight excluding hydrogens is 606 g/mol. The fourth-order valence-electron chi connectivity index (χ4n) is 5.39. The van der Waals surface area contributed by atoms with Gasteiger partial charge in [-0.3, -0.25) is 0 Å². The molecule has 10 heteroatoms. The Morgan fingerprint density at radius 3 is 2.00 bits per heavy atom. The lowest BCUT2D eigenvalue weighted by Crippen LogP contribution is -2.48. The van der Waals surface area contributed by atoms with Gasteiger partial charge in [-0.1, -0.05) is 66.7 Å². The van der Waals surface area contributed by atoms with Gasteiger partial charge in [0.25, 0.3) is 0 Å². The third kappa shape index (κ3) is 4.58. The summed E-state index contributed by atoms with van der Waals surface area (Å²) in [6.07, 6.45) is 0. The third-order valence-electron chi connectivity index (χ3n) is 7.51. The number of rotatable bonds is 6. The van der Waals surface area contributed by atoms with Crippen molar-refractivity contribution >= 4 is 50.6 Å². The van der Waals surface area contributed by atoms with Crippen molar-refractivity contribution < 1.29 is 35.9 Å². The Bertz CT molecular complexity index is 1900. The number of alkyl halides is 6. The van der Waals surface area contributed by atoms with Gasteiger partial charge in [-0.15, -0.1) is 22.7 Å². The van der Waals surface area contributed by atoms with Gasteiger partial charge in [-0.25, -0.2) is 4.79 Å². The van der Waals surface area contributed by atoms with E-state index in [1.807, 2.05) is 18.2 Å². The Morgan fingerprint density at radius 2 is 1.30 bits per heavy atom. The molecule has 0 radical (unpaired) electrons. The molecule has 43 heavy (non-hydrogen) atoms. The standard InChI is InChI=1S/C33H22F6O2S2/c1-18-25(15-22(42-18)17-41-30(40)24-14-8-12-20-9-6-7-13-23(20)24)28-29(32(36,37)33(38,39)31(28,34)35)26-16-27(43-19(26)2)21-10-4-3-5-11-21/h3-16H,17H2,1-2H3. The third-order valence-corrected chi connectivity index (χ3v) is 9.63. The Balaban J connectivity index is 1.41. The summed E-state index contributed by atoms with van der Waals surface area (Å²) in [5, 5.41) is 1.47. The zero-order chi connectivity index (χ0) is 30.7. The minimum absolute atomic E-state index is 0.119. The highest BCUT2D eigenvalue weighted by Crippen LogP contribution is 2.66. The highest BCUT2D eigenvalue weighted by Gasteiger charge is 2.80. The van der Waals surface area contributed by atoms with Gasteiger partial charge in [0.2, 0.25) is 0 Å². The average molecular weight is 629 g/mol. The number of hydrogen-bond donors (Lipinski definition) is 0. The molecule has 0 aliphatic heterocycles. The minimum atomic E-state index is -5.67. The predicted octanol–water partition coefficient (Wildman–Crippen LogP) is 10.4. The molecule has 1 aliphatic carbocycles. The largest absolute Gasteiger partial charge is 0.456 e. The van der Waals surface area contributed by atoms with Crippen molar-refractivity contribution in [3.63, 3.8) is 0 Å². The van der Waals surface area contributed by atoms with Gasteiger partial charge >= 0.3 is 23.7 Å². The van der Waals surface area contributed by atoms with Crippen molar-refractivity contribution in [2.45, 2.75) is 38.2 Å². The summed E-state index contributed by atoms with van der Waals surface area (Å²) in [5.74, 6) is -16.7. The number of benzene rings is 3. The van der Waals surface area contributed by atoms with Crippen LogP contribution in [-0.2, 0) is 11.3 Å². The Kier molecular flexibility index (Phi) is 7.05. The van der Waals surface area contributed by atoms with E-state index in [1.165, 1.54) is 19.9 Å². The molecule has 0 N–H and O–H groups in total. The number of carbonyl (C=O) groups excluding carboxylic acids is 1. The number of fused-ring (bicyclic) bond motifs is 1. The molecule has 0 saturated carbocycles. The lowest BCUT2D eigenvalue weighted by Gasteiger charge is -2.25. The van der Waals surface area contributed by atoms with Gasteiger partial charge in [0, 0.05) is 30.7 Å². The van der Waals surface area contributed by atoms with E-state index in [1.54, 1.807) is 54.6 Å². The maximum atomic E-state index is 15.5. The Morgan fingerprint density at radius 1 is 0.721 bits per heavy atom. The first-order chi connectivity index (χ1) is 20.3. The molecule has 0 fully saturated rings. The summed E-state index contributed by atoms with van der Waals surface area (Å²) in [7, 11) is 0. The first-order valence-corrected chi connectivity index (χ1v) is 14.8. The summed E-state index contributed by atoms with van der Waals surface area (Å²) in [4.78, 5) is 14.0. The molecule has 5 aromatic rings. The average Bonchev–Trinajstić information content (AvgIpc) is 3.57. The Labute approximate surface area is 250 Å².